The van der Waals surface area contributed by atoms with Gasteiger partial charge in [0.2, 0.25) is 5.91 Å². The van der Waals surface area contributed by atoms with Crippen molar-refractivity contribution in [1.82, 2.24) is 15.2 Å². The topological polar surface area (TPSA) is 71.5 Å². The number of carbonyl (C=O) groups excluding carboxylic acids is 2. The monoisotopic (exact) mass is 485 g/mol. The van der Waals surface area contributed by atoms with Crippen molar-refractivity contribution in [1.29, 1.82) is 0 Å². The molecule has 0 bridgehead atoms. The number of aromatic nitrogens is 1. The minimum atomic E-state index is -0.624. The molecule has 1 N–H and O–H groups in total. The van der Waals surface area contributed by atoms with E-state index in [1.165, 1.54) is 11.1 Å². The first-order valence-electron chi connectivity index (χ1n) is 12.7. The number of hydrogen-bond acceptors (Lipinski definition) is 4. The second-order valence-corrected chi connectivity index (χ2v) is 9.66. The van der Waals surface area contributed by atoms with Crippen LogP contribution in [-0.2, 0) is 22.6 Å². The third kappa shape index (κ3) is 5.76. The van der Waals surface area contributed by atoms with Gasteiger partial charge >= 0.3 is 0 Å². The number of nitrogens with zero attached hydrogens (tertiary/aromatic N) is 2. The molecule has 188 valence electrons. The number of amides is 2. The van der Waals surface area contributed by atoms with Crippen LogP contribution in [0.5, 0.6) is 5.75 Å². The number of carbonyl (C=O) groups is 2. The first-order valence-corrected chi connectivity index (χ1v) is 12.7. The molecule has 0 radical (unpaired) electrons. The minimum absolute atomic E-state index is 0.0915. The van der Waals surface area contributed by atoms with Crippen molar-refractivity contribution in [3.63, 3.8) is 0 Å². The van der Waals surface area contributed by atoms with Crippen LogP contribution in [0.25, 0.3) is 0 Å². The van der Waals surface area contributed by atoms with Gasteiger partial charge in [-0.25, -0.2) is 0 Å². The summed E-state index contributed by atoms with van der Waals surface area (Å²) in [5, 5.41) is 2.93. The lowest BCUT2D eigenvalue weighted by Crippen LogP contribution is -2.42. The van der Waals surface area contributed by atoms with Gasteiger partial charge in [-0.1, -0.05) is 62.7 Å². The van der Waals surface area contributed by atoms with E-state index in [1.807, 2.05) is 56.0 Å². The van der Waals surface area contributed by atoms with Gasteiger partial charge in [-0.3, -0.25) is 14.6 Å². The van der Waals surface area contributed by atoms with Gasteiger partial charge in [-0.2, -0.15) is 0 Å². The SMILES string of the molecule is CCC(Oc1ccc2c(c1)C(c1ccc(C)cc1)N(C(=O)C(C)C)CC2)C(=O)NCc1ccccn1. The molecule has 1 aliphatic rings. The highest BCUT2D eigenvalue weighted by Crippen LogP contribution is 2.38. The van der Waals surface area contributed by atoms with Crippen LogP contribution in [0, 0.1) is 12.8 Å². The Labute approximate surface area is 213 Å². The van der Waals surface area contributed by atoms with Crippen LogP contribution < -0.4 is 10.1 Å². The van der Waals surface area contributed by atoms with Crippen molar-refractivity contribution in [2.45, 2.75) is 59.2 Å². The molecule has 2 heterocycles. The van der Waals surface area contributed by atoms with Crippen LogP contribution in [0.3, 0.4) is 0 Å². The van der Waals surface area contributed by atoms with Crippen LogP contribution in [0.2, 0.25) is 0 Å². The number of fused-ring (bicyclic) bond motifs is 1. The molecular weight excluding hydrogens is 450 g/mol. The van der Waals surface area contributed by atoms with Crippen molar-refractivity contribution in [3.8, 4) is 5.75 Å². The highest BCUT2D eigenvalue weighted by molar-refractivity contribution is 5.81. The zero-order valence-corrected chi connectivity index (χ0v) is 21.5. The van der Waals surface area contributed by atoms with Crippen molar-refractivity contribution >= 4 is 11.8 Å². The Morgan fingerprint density at radius 3 is 2.56 bits per heavy atom. The zero-order chi connectivity index (χ0) is 25.7. The molecule has 2 atom stereocenters. The minimum Gasteiger partial charge on any atom is -0.481 e. The fraction of sp³-hybridized carbons (Fsp3) is 0.367. The maximum Gasteiger partial charge on any atom is 0.261 e. The maximum atomic E-state index is 13.2. The summed E-state index contributed by atoms with van der Waals surface area (Å²) < 4.78 is 6.19. The first kappa shape index (κ1) is 25.4. The molecule has 2 amide bonds. The molecular formula is C30H35N3O3. The quantitative estimate of drug-likeness (QED) is 0.488. The summed E-state index contributed by atoms with van der Waals surface area (Å²) in [5.74, 6) is 0.501. The molecule has 0 aliphatic carbocycles. The molecule has 2 aromatic carbocycles. The van der Waals surface area contributed by atoms with E-state index in [1.54, 1.807) is 6.20 Å². The average molecular weight is 486 g/mol. The zero-order valence-electron chi connectivity index (χ0n) is 21.5. The van der Waals surface area contributed by atoms with Crippen LogP contribution in [0.1, 0.15) is 61.2 Å². The molecule has 6 nitrogen and oxygen atoms in total. The molecule has 1 aliphatic heterocycles. The molecule has 36 heavy (non-hydrogen) atoms. The van der Waals surface area contributed by atoms with Gasteiger partial charge < -0.3 is 15.0 Å². The van der Waals surface area contributed by atoms with E-state index >= 15 is 0 Å². The molecule has 6 heteroatoms. The molecule has 0 fully saturated rings. The van der Waals surface area contributed by atoms with Gasteiger partial charge in [-0.15, -0.1) is 0 Å². The second-order valence-electron chi connectivity index (χ2n) is 9.66. The van der Waals surface area contributed by atoms with Gasteiger partial charge in [0.15, 0.2) is 6.10 Å². The molecule has 3 aromatic rings. The second kappa shape index (κ2) is 11.4. The van der Waals surface area contributed by atoms with Crippen LogP contribution >= 0.6 is 0 Å². The van der Waals surface area contributed by atoms with Crippen LogP contribution in [0.4, 0.5) is 0 Å². The third-order valence-corrected chi connectivity index (χ3v) is 6.63. The number of pyridine rings is 1. The van der Waals surface area contributed by atoms with Gasteiger partial charge in [0, 0.05) is 18.7 Å². The number of nitrogens with one attached hydrogen (secondary N) is 1. The molecule has 0 saturated carbocycles. The summed E-state index contributed by atoms with van der Waals surface area (Å²) in [7, 11) is 0. The maximum absolute atomic E-state index is 13.2. The predicted octanol–water partition coefficient (Wildman–Crippen LogP) is 4.99. The molecule has 2 unspecified atom stereocenters. The number of benzene rings is 2. The van der Waals surface area contributed by atoms with E-state index in [2.05, 4.69) is 47.6 Å². The van der Waals surface area contributed by atoms with E-state index < -0.39 is 6.10 Å². The van der Waals surface area contributed by atoms with Crippen LogP contribution in [0.15, 0.2) is 66.9 Å². The van der Waals surface area contributed by atoms with E-state index in [9.17, 15) is 9.59 Å². The molecule has 1 aromatic heterocycles. The Hall–Kier alpha value is -3.67. The van der Waals surface area contributed by atoms with Crippen molar-refractivity contribution in [2.75, 3.05) is 6.54 Å². The highest BCUT2D eigenvalue weighted by atomic mass is 16.5. The predicted molar refractivity (Wildman–Crippen MR) is 141 cm³/mol. The lowest BCUT2D eigenvalue weighted by atomic mass is 9.87. The third-order valence-electron chi connectivity index (χ3n) is 6.63. The lowest BCUT2D eigenvalue weighted by molar-refractivity contribution is -0.136. The summed E-state index contributed by atoms with van der Waals surface area (Å²) in [5.41, 5.74) is 5.31. The fourth-order valence-electron chi connectivity index (χ4n) is 4.62. The highest BCUT2D eigenvalue weighted by Gasteiger charge is 2.33. The largest absolute Gasteiger partial charge is 0.481 e. The van der Waals surface area contributed by atoms with Crippen molar-refractivity contribution in [3.05, 3.63) is 94.8 Å². The lowest BCUT2D eigenvalue weighted by Gasteiger charge is -2.39. The van der Waals surface area contributed by atoms with Gasteiger partial charge in [0.05, 0.1) is 18.3 Å². The van der Waals surface area contributed by atoms with Crippen molar-refractivity contribution in [2.24, 2.45) is 5.92 Å². The normalized spacial score (nSPS) is 15.8. The summed E-state index contributed by atoms with van der Waals surface area (Å²) >= 11 is 0. The van der Waals surface area contributed by atoms with E-state index in [0.29, 0.717) is 25.3 Å². The van der Waals surface area contributed by atoms with Gasteiger partial charge in [-0.05, 0) is 60.7 Å². The Balaban J connectivity index is 1.59. The standard InChI is InChI=1S/C30H35N3O3/c1-5-27(29(34)32-19-24-8-6-7-16-31-24)36-25-14-13-22-15-17-33(30(35)20(2)3)28(26(22)18-25)23-11-9-21(4)10-12-23/h6-14,16,18,20,27-28H,5,15,17,19H2,1-4H3,(H,32,34). The Bertz CT molecular complexity index is 1190. The van der Waals surface area contributed by atoms with E-state index in [0.717, 1.165) is 23.2 Å². The molecule has 4 rings (SSSR count). The number of aryl methyl sites for hydroxylation is 1. The number of ether oxygens (including phenoxy) is 1. The van der Waals surface area contributed by atoms with Gasteiger partial charge in [0.25, 0.3) is 5.91 Å². The molecule has 0 saturated heterocycles. The number of hydrogen-bond donors (Lipinski definition) is 1. The van der Waals surface area contributed by atoms with Gasteiger partial charge in [0.1, 0.15) is 5.75 Å². The Morgan fingerprint density at radius 1 is 1.11 bits per heavy atom. The smallest absolute Gasteiger partial charge is 0.261 e. The average Bonchev–Trinajstić information content (AvgIpc) is 2.90. The first-order chi connectivity index (χ1) is 17.4. The number of rotatable bonds is 8. The van der Waals surface area contributed by atoms with E-state index in [-0.39, 0.29) is 23.8 Å². The van der Waals surface area contributed by atoms with E-state index in [4.69, 9.17) is 4.74 Å². The summed E-state index contributed by atoms with van der Waals surface area (Å²) in [4.78, 5) is 32.3. The Kier molecular flexibility index (Phi) is 8.04. The summed E-state index contributed by atoms with van der Waals surface area (Å²) in [6, 6.07) is 19.8. The fourth-order valence-corrected chi connectivity index (χ4v) is 4.62. The summed E-state index contributed by atoms with van der Waals surface area (Å²) in [6.45, 7) is 8.91. The Morgan fingerprint density at radius 2 is 1.89 bits per heavy atom. The molecule has 0 spiro atoms. The van der Waals surface area contributed by atoms with Crippen LogP contribution in [-0.4, -0.2) is 34.3 Å². The van der Waals surface area contributed by atoms with Crippen molar-refractivity contribution < 1.29 is 14.3 Å². The summed E-state index contributed by atoms with van der Waals surface area (Å²) in [6.07, 6.45) is 2.41.